The minimum atomic E-state index is -0.642. The Morgan fingerprint density at radius 3 is 2.62 bits per heavy atom. The molecule has 3 amide bonds. The largest absolute Gasteiger partial charge is 0.452 e. The summed E-state index contributed by atoms with van der Waals surface area (Å²) >= 11 is 1.55. The summed E-state index contributed by atoms with van der Waals surface area (Å²) < 4.78 is 10.7. The molecule has 0 bridgehead atoms. The van der Waals surface area contributed by atoms with E-state index < -0.39 is 24.5 Å². The van der Waals surface area contributed by atoms with Crippen molar-refractivity contribution < 1.29 is 23.9 Å². The van der Waals surface area contributed by atoms with E-state index in [0.717, 1.165) is 55.8 Å². The predicted octanol–water partition coefficient (Wildman–Crippen LogP) is 3.27. The van der Waals surface area contributed by atoms with Gasteiger partial charge in [0.2, 0.25) is 0 Å². The molecular weight excluding hydrogens is 392 g/mol. The van der Waals surface area contributed by atoms with E-state index >= 15 is 0 Å². The standard InChI is InChI=1S/C21H28N2O5S/c24-19(23-21(26)22-15-7-2-1-3-8-15)13-28-20(25)17-10-4-5-11-18(17)29-14-16-9-6-12-27-16/h4-5,10-11,15-16H,1-3,6-9,12-14H2,(H2,22,23,24,26)/t16-/m1/s1. The Balaban J connectivity index is 1.43. The summed E-state index contributed by atoms with van der Waals surface area (Å²) in [6.07, 6.45) is 7.51. The maximum atomic E-state index is 12.4. The van der Waals surface area contributed by atoms with Crippen LogP contribution in [0.15, 0.2) is 29.2 Å². The lowest BCUT2D eigenvalue weighted by molar-refractivity contribution is -0.123. The third-order valence-electron chi connectivity index (χ3n) is 5.08. The van der Waals surface area contributed by atoms with Gasteiger partial charge < -0.3 is 14.8 Å². The molecule has 3 rings (SSSR count). The average Bonchev–Trinajstić information content (AvgIpc) is 3.25. The van der Waals surface area contributed by atoms with Gasteiger partial charge in [0, 0.05) is 23.3 Å². The highest BCUT2D eigenvalue weighted by Gasteiger charge is 2.20. The van der Waals surface area contributed by atoms with Crippen LogP contribution in [0.5, 0.6) is 0 Å². The number of thioether (sulfide) groups is 1. The highest BCUT2D eigenvalue weighted by Crippen LogP contribution is 2.27. The normalized spacial score (nSPS) is 19.5. The fourth-order valence-electron chi connectivity index (χ4n) is 3.56. The SMILES string of the molecule is O=C(COC(=O)c1ccccc1SC[C@H]1CCCO1)NC(=O)NC1CCCCC1. The topological polar surface area (TPSA) is 93.7 Å². The molecule has 1 atom stereocenters. The van der Waals surface area contributed by atoms with Crippen molar-refractivity contribution in [3.63, 3.8) is 0 Å². The summed E-state index contributed by atoms with van der Waals surface area (Å²) in [5.41, 5.74) is 0.412. The second-order valence-corrected chi connectivity index (χ2v) is 8.44. The zero-order chi connectivity index (χ0) is 20.5. The number of hydrogen-bond donors (Lipinski definition) is 2. The van der Waals surface area contributed by atoms with Gasteiger partial charge in [0.25, 0.3) is 5.91 Å². The van der Waals surface area contributed by atoms with Crippen LogP contribution in [-0.4, -0.2) is 49.0 Å². The minimum Gasteiger partial charge on any atom is -0.452 e. The first kappa shape index (κ1) is 21.6. The highest BCUT2D eigenvalue weighted by atomic mass is 32.2. The number of carbonyl (C=O) groups excluding carboxylic acids is 3. The van der Waals surface area contributed by atoms with Gasteiger partial charge >= 0.3 is 12.0 Å². The first-order valence-electron chi connectivity index (χ1n) is 10.2. The van der Waals surface area contributed by atoms with Crippen molar-refractivity contribution in [3.05, 3.63) is 29.8 Å². The molecule has 7 nitrogen and oxygen atoms in total. The van der Waals surface area contributed by atoms with Gasteiger partial charge in [0.15, 0.2) is 6.61 Å². The second-order valence-electron chi connectivity index (χ2n) is 7.37. The molecular formula is C21H28N2O5S. The first-order chi connectivity index (χ1) is 14.1. The Bertz CT molecular complexity index is 715. The number of hydrogen-bond acceptors (Lipinski definition) is 6. The molecule has 1 saturated carbocycles. The van der Waals surface area contributed by atoms with Crippen LogP contribution in [0, 0.1) is 0 Å². The molecule has 1 aromatic carbocycles. The quantitative estimate of drug-likeness (QED) is 0.519. The number of rotatable bonds is 7. The Kier molecular flexibility index (Phi) is 8.37. The van der Waals surface area contributed by atoms with Gasteiger partial charge in [-0.1, -0.05) is 31.4 Å². The van der Waals surface area contributed by atoms with Crippen LogP contribution in [-0.2, 0) is 14.3 Å². The molecule has 1 aromatic rings. The van der Waals surface area contributed by atoms with Gasteiger partial charge in [-0.05, 0) is 37.8 Å². The Labute approximate surface area is 175 Å². The van der Waals surface area contributed by atoms with Crippen molar-refractivity contribution >= 4 is 29.7 Å². The van der Waals surface area contributed by atoms with E-state index in [2.05, 4.69) is 10.6 Å². The Morgan fingerprint density at radius 2 is 1.86 bits per heavy atom. The molecule has 1 saturated heterocycles. The van der Waals surface area contributed by atoms with Crippen LogP contribution in [0.25, 0.3) is 0 Å². The van der Waals surface area contributed by atoms with Crippen molar-refractivity contribution in [2.24, 2.45) is 0 Å². The van der Waals surface area contributed by atoms with E-state index in [9.17, 15) is 14.4 Å². The number of nitrogens with one attached hydrogen (secondary N) is 2. The van der Waals surface area contributed by atoms with E-state index in [1.54, 1.807) is 23.9 Å². The van der Waals surface area contributed by atoms with Gasteiger partial charge in [0.1, 0.15) is 0 Å². The minimum absolute atomic E-state index is 0.104. The number of amides is 3. The molecule has 8 heteroatoms. The number of carbonyl (C=O) groups is 3. The van der Waals surface area contributed by atoms with E-state index in [-0.39, 0.29) is 12.1 Å². The van der Waals surface area contributed by atoms with Gasteiger partial charge in [-0.3, -0.25) is 10.1 Å². The number of esters is 1. The molecule has 29 heavy (non-hydrogen) atoms. The van der Waals surface area contributed by atoms with Crippen molar-refractivity contribution in [1.29, 1.82) is 0 Å². The smallest absolute Gasteiger partial charge is 0.339 e. The fourth-order valence-corrected chi connectivity index (χ4v) is 4.67. The average molecular weight is 421 g/mol. The molecule has 158 valence electrons. The zero-order valence-electron chi connectivity index (χ0n) is 16.5. The van der Waals surface area contributed by atoms with Crippen molar-refractivity contribution in [2.75, 3.05) is 19.0 Å². The summed E-state index contributed by atoms with van der Waals surface area (Å²) in [6, 6.07) is 6.71. The number of urea groups is 1. The van der Waals surface area contributed by atoms with Crippen molar-refractivity contribution in [3.8, 4) is 0 Å². The molecule has 2 aliphatic rings. The van der Waals surface area contributed by atoms with Gasteiger partial charge in [-0.2, -0.15) is 0 Å². The monoisotopic (exact) mass is 420 g/mol. The predicted molar refractivity (Wildman–Crippen MR) is 110 cm³/mol. The maximum Gasteiger partial charge on any atom is 0.339 e. The summed E-state index contributed by atoms with van der Waals surface area (Å²) in [6.45, 7) is 0.292. The molecule has 2 fully saturated rings. The van der Waals surface area contributed by atoms with Crippen LogP contribution in [0.4, 0.5) is 4.79 Å². The number of benzene rings is 1. The third kappa shape index (κ3) is 7.04. The van der Waals surface area contributed by atoms with Crippen LogP contribution in [0.2, 0.25) is 0 Å². The molecule has 1 aliphatic heterocycles. The van der Waals surface area contributed by atoms with E-state index in [0.29, 0.717) is 5.56 Å². The van der Waals surface area contributed by atoms with Gasteiger partial charge in [-0.25, -0.2) is 9.59 Å². The Morgan fingerprint density at radius 1 is 1.07 bits per heavy atom. The third-order valence-corrected chi connectivity index (χ3v) is 6.29. The van der Waals surface area contributed by atoms with Crippen LogP contribution >= 0.6 is 11.8 Å². The molecule has 1 aliphatic carbocycles. The maximum absolute atomic E-state index is 12.4. The first-order valence-corrected chi connectivity index (χ1v) is 11.2. The van der Waals surface area contributed by atoms with Crippen LogP contribution in [0.1, 0.15) is 55.3 Å². The Hall–Kier alpha value is -2.06. The number of ether oxygens (including phenoxy) is 2. The lowest BCUT2D eigenvalue weighted by Crippen LogP contribution is -2.46. The van der Waals surface area contributed by atoms with Crippen LogP contribution < -0.4 is 10.6 Å². The van der Waals surface area contributed by atoms with Crippen molar-refractivity contribution in [1.82, 2.24) is 10.6 Å². The highest BCUT2D eigenvalue weighted by molar-refractivity contribution is 7.99. The lowest BCUT2D eigenvalue weighted by Gasteiger charge is -2.22. The lowest BCUT2D eigenvalue weighted by atomic mass is 9.96. The summed E-state index contributed by atoms with van der Waals surface area (Å²) in [5.74, 6) is -0.453. The molecule has 0 aromatic heterocycles. The molecule has 1 heterocycles. The van der Waals surface area contributed by atoms with E-state index in [4.69, 9.17) is 9.47 Å². The molecule has 2 N–H and O–H groups in total. The zero-order valence-corrected chi connectivity index (χ0v) is 17.3. The van der Waals surface area contributed by atoms with Gasteiger partial charge in [-0.15, -0.1) is 11.8 Å². The van der Waals surface area contributed by atoms with Crippen molar-refractivity contribution in [2.45, 2.75) is 62.0 Å². The molecule has 0 spiro atoms. The van der Waals surface area contributed by atoms with E-state index in [1.165, 1.54) is 6.42 Å². The van der Waals surface area contributed by atoms with Gasteiger partial charge in [0.05, 0.1) is 11.7 Å². The van der Waals surface area contributed by atoms with Crippen LogP contribution in [0.3, 0.4) is 0 Å². The summed E-state index contributed by atoms with van der Waals surface area (Å²) in [4.78, 5) is 37.1. The van der Waals surface area contributed by atoms with E-state index in [1.807, 2.05) is 12.1 Å². The summed E-state index contributed by atoms with van der Waals surface area (Å²) in [5, 5.41) is 5.02. The summed E-state index contributed by atoms with van der Waals surface area (Å²) in [7, 11) is 0. The molecule has 0 unspecified atom stereocenters. The second kappa shape index (κ2) is 11.2. The fraction of sp³-hybridized carbons (Fsp3) is 0.571. The molecule has 0 radical (unpaired) electrons. The number of imide groups is 1.